The van der Waals surface area contributed by atoms with Gasteiger partial charge in [0.15, 0.2) is 6.10 Å². The van der Waals surface area contributed by atoms with Crippen LogP contribution >= 0.6 is 0 Å². The molecule has 1 aromatic rings. The van der Waals surface area contributed by atoms with Crippen LogP contribution in [-0.2, 0) is 14.3 Å². The second-order valence-corrected chi connectivity index (χ2v) is 6.34. The molecule has 0 bridgehead atoms. The third kappa shape index (κ3) is 5.48. The van der Waals surface area contributed by atoms with Gasteiger partial charge in [-0.2, -0.15) is 0 Å². The second kappa shape index (κ2) is 8.62. The Kier molecular flexibility index (Phi) is 6.53. The van der Waals surface area contributed by atoms with Crippen molar-refractivity contribution in [1.29, 1.82) is 0 Å². The largest absolute Gasteiger partial charge is 0.449 e. The molecule has 4 nitrogen and oxygen atoms in total. The minimum atomic E-state index is -0.858. The van der Waals surface area contributed by atoms with Crippen LogP contribution in [0.2, 0.25) is 0 Å². The first-order valence-corrected chi connectivity index (χ1v) is 8.40. The Hall–Kier alpha value is -2.17. The van der Waals surface area contributed by atoms with Gasteiger partial charge in [0.1, 0.15) is 5.82 Å². The quantitative estimate of drug-likeness (QED) is 0.663. The van der Waals surface area contributed by atoms with E-state index in [2.05, 4.69) is 12.2 Å². The number of benzene rings is 1. The number of carbonyl (C=O) groups excluding carboxylic acids is 2. The number of hydrogen-bond donors (Lipinski definition) is 1. The first-order chi connectivity index (χ1) is 11.5. The van der Waals surface area contributed by atoms with E-state index in [1.807, 2.05) is 0 Å². The Morgan fingerprint density at radius 3 is 2.79 bits per heavy atom. The summed E-state index contributed by atoms with van der Waals surface area (Å²) in [5.74, 6) is -0.835. The van der Waals surface area contributed by atoms with Crippen molar-refractivity contribution in [2.45, 2.75) is 51.7 Å². The van der Waals surface area contributed by atoms with Crippen LogP contribution in [-0.4, -0.2) is 24.0 Å². The number of halogens is 1. The number of amides is 1. The number of esters is 1. The Bertz CT molecular complexity index is 614. The molecule has 5 heteroatoms. The molecule has 3 atom stereocenters. The van der Waals surface area contributed by atoms with Gasteiger partial charge in [-0.25, -0.2) is 9.18 Å². The molecule has 1 saturated carbocycles. The van der Waals surface area contributed by atoms with Crippen molar-refractivity contribution < 1.29 is 18.7 Å². The topological polar surface area (TPSA) is 55.4 Å². The Morgan fingerprint density at radius 1 is 1.33 bits per heavy atom. The smallest absolute Gasteiger partial charge is 0.331 e. The summed E-state index contributed by atoms with van der Waals surface area (Å²) in [5, 5.41) is 2.97. The van der Waals surface area contributed by atoms with Gasteiger partial charge < -0.3 is 10.1 Å². The van der Waals surface area contributed by atoms with Gasteiger partial charge in [0, 0.05) is 12.1 Å². The van der Waals surface area contributed by atoms with E-state index >= 15 is 0 Å². The van der Waals surface area contributed by atoms with Crippen LogP contribution in [0.25, 0.3) is 6.08 Å². The highest BCUT2D eigenvalue weighted by Crippen LogP contribution is 2.23. The number of hydrogen-bond acceptors (Lipinski definition) is 3. The zero-order valence-electron chi connectivity index (χ0n) is 14.1. The first-order valence-electron chi connectivity index (χ1n) is 8.40. The van der Waals surface area contributed by atoms with Crippen molar-refractivity contribution in [1.82, 2.24) is 5.32 Å². The van der Waals surface area contributed by atoms with Crippen LogP contribution in [0.4, 0.5) is 4.39 Å². The normalized spacial score (nSPS) is 22.1. The summed E-state index contributed by atoms with van der Waals surface area (Å²) < 4.78 is 18.2. The molecule has 0 aliphatic heterocycles. The molecule has 0 radical (unpaired) electrons. The molecule has 1 fully saturated rings. The third-order valence-electron chi connectivity index (χ3n) is 4.36. The van der Waals surface area contributed by atoms with E-state index in [1.54, 1.807) is 19.1 Å². The Labute approximate surface area is 142 Å². The molecular formula is C19H24FNO3. The summed E-state index contributed by atoms with van der Waals surface area (Å²) in [6.07, 6.45) is 6.18. The minimum absolute atomic E-state index is 0.148. The molecule has 130 valence electrons. The minimum Gasteiger partial charge on any atom is -0.449 e. The van der Waals surface area contributed by atoms with E-state index in [4.69, 9.17) is 4.74 Å². The molecule has 1 aliphatic carbocycles. The molecule has 1 N–H and O–H groups in total. The highest BCUT2D eigenvalue weighted by atomic mass is 19.1. The van der Waals surface area contributed by atoms with Crippen LogP contribution in [0.15, 0.2) is 30.3 Å². The lowest BCUT2D eigenvalue weighted by Crippen LogP contribution is -2.45. The lowest BCUT2D eigenvalue weighted by Gasteiger charge is -2.30. The van der Waals surface area contributed by atoms with Crippen molar-refractivity contribution in [2.24, 2.45) is 5.92 Å². The average Bonchev–Trinajstić information content (AvgIpc) is 2.55. The van der Waals surface area contributed by atoms with Gasteiger partial charge in [-0.3, -0.25) is 4.79 Å². The fraction of sp³-hybridized carbons (Fsp3) is 0.474. The summed E-state index contributed by atoms with van der Waals surface area (Å²) in [5.41, 5.74) is 0.556. The summed E-state index contributed by atoms with van der Waals surface area (Å²) in [7, 11) is 0. The predicted molar refractivity (Wildman–Crippen MR) is 90.6 cm³/mol. The zero-order valence-corrected chi connectivity index (χ0v) is 14.1. The zero-order chi connectivity index (χ0) is 17.5. The molecule has 0 saturated heterocycles. The van der Waals surface area contributed by atoms with E-state index in [0.29, 0.717) is 11.5 Å². The predicted octanol–water partition coefficient (Wildman–Crippen LogP) is 3.47. The average molecular weight is 333 g/mol. The SMILES string of the molecule is C[C@@H]1CCCC[C@H]1NC(=O)[C@@H](C)OC(=O)/C=C/c1cccc(F)c1. The van der Waals surface area contributed by atoms with Gasteiger partial charge in [0.05, 0.1) is 0 Å². The first kappa shape index (κ1) is 18.2. The van der Waals surface area contributed by atoms with Crippen molar-refractivity contribution in [3.63, 3.8) is 0 Å². The number of carbonyl (C=O) groups is 2. The van der Waals surface area contributed by atoms with Gasteiger partial charge in [0.25, 0.3) is 5.91 Å². The van der Waals surface area contributed by atoms with E-state index in [-0.39, 0.29) is 17.8 Å². The molecule has 24 heavy (non-hydrogen) atoms. The van der Waals surface area contributed by atoms with Crippen molar-refractivity contribution in [2.75, 3.05) is 0 Å². The number of ether oxygens (including phenoxy) is 1. The van der Waals surface area contributed by atoms with Crippen LogP contribution in [0.5, 0.6) is 0 Å². The van der Waals surface area contributed by atoms with Crippen LogP contribution in [0.1, 0.15) is 45.1 Å². The molecule has 2 rings (SSSR count). The molecular weight excluding hydrogens is 309 g/mol. The molecule has 1 amide bonds. The molecule has 0 unspecified atom stereocenters. The third-order valence-corrected chi connectivity index (χ3v) is 4.36. The lowest BCUT2D eigenvalue weighted by atomic mass is 9.86. The maximum atomic E-state index is 13.1. The fourth-order valence-corrected chi connectivity index (χ4v) is 2.87. The maximum absolute atomic E-state index is 13.1. The van der Waals surface area contributed by atoms with E-state index < -0.39 is 12.1 Å². The van der Waals surface area contributed by atoms with Crippen LogP contribution in [0.3, 0.4) is 0 Å². The van der Waals surface area contributed by atoms with Crippen LogP contribution in [0, 0.1) is 11.7 Å². The summed E-state index contributed by atoms with van der Waals surface area (Å²) in [6, 6.07) is 6.02. The van der Waals surface area contributed by atoms with Crippen molar-refractivity contribution >= 4 is 18.0 Å². The standard InChI is InChI=1S/C19H24FNO3/c1-13-6-3-4-9-17(13)21-19(23)14(2)24-18(22)11-10-15-7-5-8-16(20)12-15/h5,7-8,10-14,17H,3-4,6,9H2,1-2H3,(H,21,23)/b11-10+/t13-,14-,17-/m1/s1. The molecule has 0 aromatic heterocycles. The van der Waals surface area contributed by atoms with E-state index in [0.717, 1.165) is 19.3 Å². The summed E-state index contributed by atoms with van der Waals surface area (Å²) in [6.45, 7) is 3.68. The molecule has 1 aromatic carbocycles. The maximum Gasteiger partial charge on any atom is 0.331 e. The van der Waals surface area contributed by atoms with Gasteiger partial charge >= 0.3 is 5.97 Å². The Morgan fingerprint density at radius 2 is 2.08 bits per heavy atom. The summed E-state index contributed by atoms with van der Waals surface area (Å²) in [4.78, 5) is 23.9. The molecule has 1 aliphatic rings. The van der Waals surface area contributed by atoms with Crippen molar-refractivity contribution in [3.05, 3.63) is 41.7 Å². The van der Waals surface area contributed by atoms with Crippen molar-refractivity contribution in [3.8, 4) is 0 Å². The highest BCUT2D eigenvalue weighted by Gasteiger charge is 2.25. The highest BCUT2D eigenvalue weighted by molar-refractivity contribution is 5.90. The van der Waals surface area contributed by atoms with E-state index in [1.165, 1.54) is 30.7 Å². The summed E-state index contributed by atoms with van der Waals surface area (Å²) >= 11 is 0. The molecule has 0 heterocycles. The van der Waals surface area contributed by atoms with Gasteiger partial charge in [-0.05, 0) is 49.5 Å². The van der Waals surface area contributed by atoms with Gasteiger partial charge in [-0.1, -0.05) is 31.9 Å². The number of nitrogens with one attached hydrogen (secondary N) is 1. The number of rotatable bonds is 5. The Balaban J connectivity index is 1.83. The van der Waals surface area contributed by atoms with E-state index in [9.17, 15) is 14.0 Å². The van der Waals surface area contributed by atoms with Crippen LogP contribution < -0.4 is 5.32 Å². The second-order valence-electron chi connectivity index (χ2n) is 6.34. The van der Waals surface area contributed by atoms with Gasteiger partial charge in [0.2, 0.25) is 0 Å². The fourth-order valence-electron chi connectivity index (χ4n) is 2.87. The van der Waals surface area contributed by atoms with Gasteiger partial charge in [-0.15, -0.1) is 0 Å². The lowest BCUT2D eigenvalue weighted by molar-refractivity contribution is -0.150. The molecule has 0 spiro atoms. The monoisotopic (exact) mass is 333 g/mol.